The Hall–Kier alpha value is -0.760. The fraction of sp³-hybridized carbons (Fsp3) is 0.909. The van der Waals surface area contributed by atoms with Gasteiger partial charge in [-0.2, -0.15) is 0 Å². The second kappa shape index (κ2) is 5.48. The number of esters is 1. The molecule has 0 aromatic rings. The molecule has 0 saturated carbocycles. The van der Waals surface area contributed by atoms with Crippen LogP contribution in [0.1, 0.15) is 20.8 Å². The zero-order valence-electron chi connectivity index (χ0n) is 10.5. The monoisotopic (exact) mass is 266 g/mol. The van der Waals surface area contributed by atoms with E-state index in [4.69, 9.17) is 14.6 Å². The van der Waals surface area contributed by atoms with Crippen molar-refractivity contribution in [3.05, 3.63) is 0 Å². The van der Waals surface area contributed by atoms with Crippen LogP contribution in [0.2, 0.25) is 0 Å². The van der Waals surface area contributed by atoms with Gasteiger partial charge in [-0.3, -0.25) is 4.79 Å². The van der Waals surface area contributed by atoms with Gasteiger partial charge in [0.15, 0.2) is 12.5 Å². The normalized spacial score (nSPS) is 37.4. The summed E-state index contributed by atoms with van der Waals surface area (Å²) in [4.78, 5) is 11.5. The number of halogens is 1. The molecule has 1 aliphatic heterocycles. The van der Waals surface area contributed by atoms with Crippen LogP contribution in [0.4, 0.5) is 4.39 Å². The zero-order valence-corrected chi connectivity index (χ0v) is 10.5. The van der Waals surface area contributed by atoms with Crippen molar-refractivity contribution in [1.29, 1.82) is 0 Å². The van der Waals surface area contributed by atoms with Gasteiger partial charge >= 0.3 is 5.97 Å². The molecule has 0 aliphatic carbocycles. The number of aliphatic hydroxyl groups excluding tert-OH is 3. The first-order valence-corrected chi connectivity index (χ1v) is 5.65. The molecular weight excluding hydrogens is 247 g/mol. The van der Waals surface area contributed by atoms with Crippen molar-refractivity contribution in [1.82, 2.24) is 0 Å². The Kier molecular flexibility index (Phi) is 4.66. The van der Waals surface area contributed by atoms with E-state index >= 15 is 0 Å². The van der Waals surface area contributed by atoms with Crippen molar-refractivity contribution in [2.45, 2.75) is 51.5 Å². The summed E-state index contributed by atoms with van der Waals surface area (Å²) < 4.78 is 23.2. The highest BCUT2D eigenvalue weighted by Crippen LogP contribution is 2.23. The maximum Gasteiger partial charge on any atom is 0.311 e. The quantitative estimate of drug-likeness (QED) is 0.575. The molecule has 1 heterocycles. The van der Waals surface area contributed by atoms with Crippen molar-refractivity contribution in [3.63, 3.8) is 0 Å². The SMILES string of the molecule is CC(C)(C)C(=O)OC[C@H]1O[C@H](O)[C@@H](O)[C@@H](O)[C@H]1F. The minimum Gasteiger partial charge on any atom is -0.462 e. The van der Waals surface area contributed by atoms with Gasteiger partial charge in [0.1, 0.15) is 24.9 Å². The minimum absolute atomic E-state index is 0.432. The van der Waals surface area contributed by atoms with Crippen molar-refractivity contribution in [2.24, 2.45) is 5.41 Å². The molecule has 0 unspecified atom stereocenters. The van der Waals surface area contributed by atoms with E-state index in [0.29, 0.717) is 0 Å². The number of carbonyl (C=O) groups excluding carboxylic acids is 1. The van der Waals surface area contributed by atoms with Gasteiger partial charge in [0.25, 0.3) is 0 Å². The Labute approximate surface area is 104 Å². The van der Waals surface area contributed by atoms with Gasteiger partial charge in [-0.05, 0) is 20.8 Å². The van der Waals surface area contributed by atoms with E-state index in [0.717, 1.165) is 0 Å². The van der Waals surface area contributed by atoms with Crippen LogP contribution < -0.4 is 0 Å². The molecule has 1 rings (SSSR count). The van der Waals surface area contributed by atoms with E-state index < -0.39 is 48.8 Å². The predicted molar refractivity (Wildman–Crippen MR) is 58.2 cm³/mol. The van der Waals surface area contributed by atoms with Gasteiger partial charge in [0.05, 0.1) is 5.41 Å². The molecule has 7 heteroatoms. The van der Waals surface area contributed by atoms with Crippen LogP contribution in [0.25, 0.3) is 0 Å². The smallest absolute Gasteiger partial charge is 0.311 e. The molecule has 1 fully saturated rings. The molecule has 0 spiro atoms. The zero-order chi connectivity index (χ0) is 14.1. The van der Waals surface area contributed by atoms with Gasteiger partial charge in [-0.1, -0.05) is 0 Å². The largest absolute Gasteiger partial charge is 0.462 e. The number of hydrogen-bond donors (Lipinski definition) is 3. The summed E-state index contributed by atoms with van der Waals surface area (Å²) in [6.07, 6.45) is -8.42. The van der Waals surface area contributed by atoms with Crippen LogP contribution in [-0.2, 0) is 14.3 Å². The third-order valence-electron chi connectivity index (χ3n) is 2.63. The van der Waals surface area contributed by atoms with E-state index in [1.165, 1.54) is 0 Å². The molecule has 1 aliphatic rings. The first-order chi connectivity index (χ1) is 8.14. The molecular formula is C11H19FO6. The lowest BCUT2D eigenvalue weighted by atomic mass is 9.97. The lowest BCUT2D eigenvalue weighted by Gasteiger charge is -2.36. The Morgan fingerprint density at radius 3 is 2.33 bits per heavy atom. The number of rotatable bonds is 2. The van der Waals surface area contributed by atoms with E-state index in [2.05, 4.69) is 0 Å². The molecule has 0 radical (unpaired) electrons. The molecule has 0 aromatic heterocycles. The first-order valence-electron chi connectivity index (χ1n) is 5.65. The van der Waals surface area contributed by atoms with Gasteiger partial charge in [-0.25, -0.2) is 4.39 Å². The summed E-state index contributed by atoms with van der Waals surface area (Å²) >= 11 is 0. The van der Waals surface area contributed by atoms with E-state index in [-0.39, 0.29) is 0 Å². The van der Waals surface area contributed by atoms with Crippen LogP contribution in [0.3, 0.4) is 0 Å². The van der Waals surface area contributed by atoms with Gasteiger partial charge < -0.3 is 24.8 Å². The van der Waals surface area contributed by atoms with Crippen molar-refractivity contribution in [2.75, 3.05) is 6.61 Å². The summed E-state index contributed by atoms with van der Waals surface area (Å²) in [6.45, 7) is 4.48. The Morgan fingerprint density at radius 2 is 1.83 bits per heavy atom. The summed E-state index contributed by atoms with van der Waals surface area (Å²) in [6, 6.07) is 0. The predicted octanol–water partition coefficient (Wildman–Crippen LogP) is -0.647. The summed E-state index contributed by atoms with van der Waals surface area (Å²) in [5, 5.41) is 27.7. The van der Waals surface area contributed by atoms with Gasteiger partial charge in [0.2, 0.25) is 0 Å². The number of alkyl halides is 1. The maximum absolute atomic E-state index is 13.6. The van der Waals surface area contributed by atoms with E-state index in [9.17, 15) is 19.4 Å². The van der Waals surface area contributed by atoms with Crippen molar-refractivity contribution >= 4 is 5.97 Å². The Balaban J connectivity index is 2.55. The van der Waals surface area contributed by atoms with Gasteiger partial charge in [-0.15, -0.1) is 0 Å². The molecule has 18 heavy (non-hydrogen) atoms. The summed E-state index contributed by atoms with van der Waals surface area (Å²) in [5.41, 5.74) is -0.739. The van der Waals surface area contributed by atoms with Crippen LogP contribution in [0.15, 0.2) is 0 Å². The Bertz CT molecular complexity index is 302. The highest BCUT2D eigenvalue weighted by molar-refractivity contribution is 5.75. The van der Waals surface area contributed by atoms with Crippen LogP contribution >= 0.6 is 0 Å². The molecule has 1 saturated heterocycles. The number of ether oxygens (including phenoxy) is 2. The van der Waals surface area contributed by atoms with Crippen molar-refractivity contribution < 1.29 is 34.0 Å². The van der Waals surface area contributed by atoms with E-state index in [1.807, 2.05) is 0 Å². The van der Waals surface area contributed by atoms with E-state index in [1.54, 1.807) is 20.8 Å². The molecule has 6 nitrogen and oxygen atoms in total. The topological polar surface area (TPSA) is 96.2 Å². The number of carbonyl (C=O) groups is 1. The first kappa shape index (κ1) is 15.3. The average Bonchev–Trinajstić information content (AvgIpc) is 2.27. The second-order valence-corrected chi connectivity index (χ2v) is 5.34. The summed E-state index contributed by atoms with van der Waals surface area (Å²) in [5.74, 6) is -0.548. The molecule has 0 amide bonds. The third kappa shape index (κ3) is 3.38. The van der Waals surface area contributed by atoms with Crippen molar-refractivity contribution in [3.8, 4) is 0 Å². The molecule has 5 atom stereocenters. The second-order valence-electron chi connectivity index (χ2n) is 5.34. The average molecular weight is 266 g/mol. The third-order valence-corrected chi connectivity index (χ3v) is 2.63. The fourth-order valence-corrected chi connectivity index (χ4v) is 1.42. The number of aliphatic hydroxyl groups is 3. The standard InChI is InChI=1S/C11H19FO6/c1-11(2,3)10(16)17-4-5-6(12)7(13)8(14)9(15)18-5/h5-9,13-15H,4H2,1-3H3/t5-,6+,7+,8+,9+/m1/s1. The molecule has 0 bridgehead atoms. The van der Waals surface area contributed by atoms with Crippen LogP contribution in [0, 0.1) is 5.41 Å². The van der Waals surface area contributed by atoms with Crippen LogP contribution in [-0.4, -0.2) is 58.7 Å². The highest BCUT2D eigenvalue weighted by atomic mass is 19.1. The molecule has 0 aromatic carbocycles. The minimum atomic E-state index is -1.93. The van der Waals surface area contributed by atoms with Crippen LogP contribution in [0.5, 0.6) is 0 Å². The lowest BCUT2D eigenvalue weighted by Crippen LogP contribution is -2.57. The fourth-order valence-electron chi connectivity index (χ4n) is 1.42. The summed E-state index contributed by atoms with van der Waals surface area (Å²) in [7, 11) is 0. The van der Waals surface area contributed by atoms with Gasteiger partial charge in [0, 0.05) is 0 Å². The maximum atomic E-state index is 13.6. The molecule has 106 valence electrons. The highest BCUT2D eigenvalue weighted by Gasteiger charge is 2.45. The lowest BCUT2D eigenvalue weighted by molar-refractivity contribution is -0.276. The Morgan fingerprint density at radius 1 is 1.28 bits per heavy atom. The number of hydrogen-bond acceptors (Lipinski definition) is 6. The molecule has 3 N–H and O–H groups in total.